The Bertz CT molecular complexity index is 611. The van der Waals surface area contributed by atoms with E-state index in [0.717, 1.165) is 16.8 Å². The quantitative estimate of drug-likeness (QED) is 0.821. The van der Waals surface area contributed by atoms with Crippen LogP contribution < -0.4 is 11.1 Å². The molecular weight excluding hydrogens is 264 g/mol. The third-order valence-corrected chi connectivity index (χ3v) is 3.17. The predicted octanol–water partition coefficient (Wildman–Crippen LogP) is 2.93. The Labute approximate surface area is 124 Å². The van der Waals surface area contributed by atoms with Gasteiger partial charge in [0.05, 0.1) is 6.61 Å². The molecule has 0 aliphatic carbocycles. The Morgan fingerprint density at radius 1 is 1.19 bits per heavy atom. The molecular formula is C17H20N2O2. The maximum atomic E-state index is 11.2. The Morgan fingerprint density at radius 2 is 2.00 bits per heavy atom. The monoisotopic (exact) mass is 284 g/mol. The van der Waals surface area contributed by atoms with Crippen LogP contribution in [0.5, 0.6) is 0 Å². The average Bonchev–Trinajstić information content (AvgIpc) is 2.52. The van der Waals surface area contributed by atoms with Gasteiger partial charge in [0, 0.05) is 30.0 Å². The fourth-order valence-corrected chi connectivity index (χ4v) is 2.06. The number of primary amides is 1. The van der Waals surface area contributed by atoms with E-state index < -0.39 is 5.91 Å². The number of amides is 1. The number of benzene rings is 2. The van der Waals surface area contributed by atoms with Crippen LogP contribution in [0.15, 0.2) is 48.5 Å². The van der Waals surface area contributed by atoms with Crippen molar-refractivity contribution in [1.29, 1.82) is 0 Å². The van der Waals surface area contributed by atoms with E-state index in [0.29, 0.717) is 25.3 Å². The third kappa shape index (κ3) is 4.33. The molecule has 110 valence electrons. The van der Waals surface area contributed by atoms with Gasteiger partial charge in [0.2, 0.25) is 5.91 Å². The van der Waals surface area contributed by atoms with Gasteiger partial charge in [-0.1, -0.05) is 30.3 Å². The zero-order valence-corrected chi connectivity index (χ0v) is 12.1. The topological polar surface area (TPSA) is 64.3 Å². The van der Waals surface area contributed by atoms with Crippen LogP contribution in [0.1, 0.15) is 28.4 Å². The lowest BCUT2D eigenvalue weighted by atomic mass is 10.1. The second kappa shape index (κ2) is 7.45. The highest BCUT2D eigenvalue weighted by atomic mass is 16.5. The zero-order chi connectivity index (χ0) is 15.1. The van der Waals surface area contributed by atoms with Gasteiger partial charge < -0.3 is 15.8 Å². The summed E-state index contributed by atoms with van der Waals surface area (Å²) in [6.45, 7) is 3.88. The van der Waals surface area contributed by atoms with E-state index in [-0.39, 0.29) is 0 Å². The molecule has 0 saturated carbocycles. The molecule has 2 aromatic rings. The van der Waals surface area contributed by atoms with Gasteiger partial charge in [-0.05, 0) is 30.7 Å². The molecule has 0 bridgehead atoms. The molecule has 0 saturated heterocycles. The standard InChI is InChI=1S/C17H20N2O2/c1-2-21-12-15-7-3-4-9-16(15)19-11-13-6-5-8-14(10-13)17(18)20/h3-10,19H,2,11-12H2,1H3,(H2,18,20). The molecule has 0 unspecified atom stereocenters. The molecule has 4 heteroatoms. The van der Waals surface area contributed by atoms with Gasteiger partial charge in [-0.2, -0.15) is 0 Å². The van der Waals surface area contributed by atoms with Crippen molar-refractivity contribution in [3.05, 3.63) is 65.2 Å². The second-order valence-corrected chi connectivity index (χ2v) is 4.71. The Hall–Kier alpha value is -2.33. The number of nitrogens with one attached hydrogen (secondary N) is 1. The van der Waals surface area contributed by atoms with Crippen LogP contribution >= 0.6 is 0 Å². The van der Waals surface area contributed by atoms with Gasteiger partial charge in [-0.3, -0.25) is 4.79 Å². The molecule has 4 nitrogen and oxygen atoms in total. The molecule has 0 heterocycles. The first-order chi connectivity index (χ1) is 10.2. The second-order valence-electron chi connectivity index (χ2n) is 4.71. The summed E-state index contributed by atoms with van der Waals surface area (Å²) in [4.78, 5) is 11.2. The van der Waals surface area contributed by atoms with Crippen LogP contribution in [0.4, 0.5) is 5.69 Å². The Balaban J connectivity index is 2.06. The zero-order valence-electron chi connectivity index (χ0n) is 12.1. The largest absolute Gasteiger partial charge is 0.381 e. The summed E-state index contributed by atoms with van der Waals surface area (Å²) in [5.41, 5.74) is 8.98. The number of ether oxygens (including phenoxy) is 1. The first kappa shape index (κ1) is 15.1. The van der Waals surface area contributed by atoms with Gasteiger partial charge in [-0.15, -0.1) is 0 Å². The molecule has 0 spiro atoms. The summed E-state index contributed by atoms with van der Waals surface area (Å²) < 4.78 is 5.46. The number of carbonyl (C=O) groups excluding carboxylic acids is 1. The van der Waals surface area contributed by atoms with E-state index >= 15 is 0 Å². The Morgan fingerprint density at radius 3 is 2.76 bits per heavy atom. The van der Waals surface area contributed by atoms with Crippen molar-refractivity contribution in [3.8, 4) is 0 Å². The number of hydrogen-bond donors (Lipinski definition) is 2. The lowest BCUT2D eigenvalue weighted by molar-refractivity contribution is 0.1000. The predicted molar refractivity (Wildman–Crippen MR) is 84.1 cm³/mol. The molecule has 1 amide bonds. The Kier molecular flexibility index (Phi) is 5.35. The highest BCUT2D eigenvalue weighted by Crippen LogP contribution is 2.17. The van der Waals surface area contributed by atoms with E-state index in [1.165, 1.54) is 0 Å². The minimum atomic E-state index is -0.409. The fourth-order valence-electron chi connectivity index (χ4n) is 2.06. The van der Waals surface area contributed by atoms with Crippen LogP contribution in [0, 0.1) is 0 Å². The smallest absolute Gasteiger partial charge is 0.248 e. The molecule has 0 aliphatic rings. The van der Waals surface area contributed by atoms with Gasteiger partial charge in [-0.25, -0.2) is 0 Å². The van der Waals surface area contributed by atoms with Crippen LogP contribution in [0.3, 0.4) is 0 Å². The van der Waals surface area contributed by atoms with E-state index in [1.807, 2.05) is 43.3 Å². The maximum Gasteiger partial charge on any atom is 0.248 e. The lowest BCUT2D eigenvalue weighted by Crippen LogP contribution is -2.11. The maximum absolute atomic E-state index is 11.2. The molecule has 0 aromatic heterocycles. The number of hydrogen-bond acceptors (Lipinski definition) is 3. The van der Waals surface area contributed by atoms with Crippen molar-refractivity contribution in [2.24, 2.45) is 5.73 Å². The molecule has 0 fully saturated rings. The van der Waals surface area contributed by atoms with Gasteiger partial charge in [0.1, 0.15) is 0 Å². The van der Waals surface area contributed by atoms with Crippen LogP contribution in [0.2, 0.25) is 0 Å². The van der Waals surface area contributed by atoms with Crippen molar-refractivity contribution < 1.29 is 9.53 Å². The molecule has 0 aliphatic heterocycles. The molecule has 2 aromatic carbocycles. The number of para-hydroxylation sites is 1. The van der Waals surface area contributed by atoms with Gasteiger partial charge >= 0.3 is 0 Å². The summed E-state index contributed by atoms with van der Waals surface area (Å²) >= 11 is 0. The van der Waals surface area contributed by atoms with E-state index in [1.54, 1.807) is 12.1 Å². The minimum absolute atomic E-state index is 0.409. The number of carbonyl (C=O) groups is 1. The lowest BCUT2D eigenvalue weighted by Gasteiger charge is -2.12. The van der Waals surface area contributed by atoms with Gasteiger partial charge in [0.25, 0.3) is 0 Å². The van der Waals surface area contributed by atoms with Crippen molar-refractivity contribution >= 4 is 11.6 Å². The summed E-state index contributed by atoms with van der Waals surface area (Å²) in [7, 11) is 0. The van der Waals surface area contributed by atoms with Crippen LogP contribution in [-0.4, -0.2) is 12.5 Å². The number of nitrogens with two attached hydrogens (primary N) is 1. The van der Waals surface area contributed by atoms with Gasteiger partial charge in [0.15, 0.2) is 0 Å². The molecule has 21 heavy (non-hydrogen) atoms. The summed E-state index contributed by atoms with van der Waals surface area (Å²) in [6.07, 6.45) is 0. The average molecular weight is 284 g/mol. The van der Waals surface area contributed by atoms with Crippen molar-refractivity contribution in [2.45, 2.75) is 20.1 Å². The van der Waals surface area contributed by atoms with Crippen molar-refractivity contribution in [1.82, 2.24) is 0 Å². The van der Waals surface area contributed by atoms with E-state index in [4.69, 9.17) is 10.5 Å². The first-order valence-electron chi connectivity index (χ1n) is 6.99. The summed E-state index contributed by atoms with van der Waals surface area (Å²) in [5.74, 6) is -0.409. The highest BCUT2D eigenvalue weighted by Gasteiger charge is 2.04. The van der Waals surface area contributed by atoms with Crippen molar-refractivity contribution in [3.63, 3.8) is 0 Å². The normalized spacial score (nSPS) is 10.3. The third-order valence-electron chi connectivity index (χ3n) is 3.17. The molecule has 3 N–H and O–H groups in total. The number of anilines is 1. The SMILES string of the molecule is CCOCc1ccccc1NCc1cccc(C(N)=O)c1. The van der Waals surface area contributed by atoms with Crippen LogP contribution in [0.25, 0.3) is 0 Å². The van der Waals surface area contributed by atoms with E-state index in [9.17, 15) is 4.79 Å². The van der Waals surface area contributed by atoms with E-state index in [2.05, 4.69) is 5.32 Å². The summed E-state index contributed by atoms with van der Waals surface area (Å²) in [6, 6.07) is 15.4. The molecule has 2 rings (SSSR count). The van der Waals surface area contributed by atoms with Crippen molar-refractivity contribution in [2.75, 3.05) is 11.9 Å². The van der Waals surface area contributed by atoms with Crippen LogP contribution in [-0.2, 0) is 17.9 Å². The molecule has 0 radical (unpaired) electrons. The number of rotatable bonds is 7. The summed E-state index contributed by atoms with van der Waals surface area (Å²) in [5, 5.41) is 3.37. The fraction of sp³-hybridized carbons (Fsp3) is 0.235. The molecule has 0 atom stereocenters. The highest BCUT2D eigenvalue weighted by molar-refractivity contribution is 5.92. The first-order valence-corrected chi connectivity index (χ1v) is 6.99. The minimum Gasteiger partial charge on any atom is -0.381 e.